The molecule has 2 rings (SSSR count). The maximum absolute atomic E-state index is 11.0. The van der Waals surface area contributed by atoms with Crippen molar-refractivity contribution in [3.05, 3.63) is 0 Å². The zero-order chi connectivity index (χ0) is 8.06. The Morgan fingerprint density at radius 3 is 2.17 bits per heavy atom. The van der Waals surface area contributed by atoms with E-state index in [0.717, 1.165) is 25.7 Å². The number of carboxylic acids is 1. The Balaban J connectivity index is 0.000000720. The number of carboxylic acid groups (broad SMARTS) is 1. The van der Waals surface area contributed by atoms with Crippen molar-refractivity contribution in [1.29, 1.82) is 0 Å². The summed E-state index contributed by atoms with van der Waals surface area (Å²) in [6.07, 6.45) is 3.85. The van der Waals surface area contributed by atoms with Gasteiger partial charge < -0.3 is 5.11 Å². The molecule has 0 unspecified atom stereocenters. The van der Waals surface area contributed by atoms with Crippen molar-refractivity contribution in [2.75, 3.05) is 7.05 Å². The van der Waals surface area contributed by atoms with Gasteiger partial charge in [0, 0.05) is 6.04 Å². The van der Waals surface area contributed by atoms with Gasteiger partial charge >= 0.3 is 5.97 Å². The van der Waals surface area contributed by atoms with Gasteiger partial charge in [0.15, 0.2) is 0 Å². The number of nitrogens with zero attached hydrogens (tertiary/aromatic N) is 1. The second kappa shape index (κ2) is 2.89. The lowest BCUT2D eigenvalue weighted by Crippen LogP contribution is -2.45. The van der Waals surface area contributed by atoms with Gasteiger partial charge in [-0.1, -0.05) is 0 Å². The Hall–Kier alpha value is -0.280. The molecule has 4 heteroatoms. The predicted octanol–water partition coefficient (Wildman–Crippen LogP) is 1.12. The van der Waals surface area contributed by atoms with Gasteiger partial charge in [-0.15, -0.1) is 12.4 Å². The van der Waals surface area contributed by atoms with Gasteiger partial charge in [0.1, 0.15) is 5.54 Å². The molecular formula is C8H14ClNO2. The standard InChI is InChI=1S/C8H13NO2.ClH/c1-9-6-2-4-8(9,5-3-6)7(10)11;/h6H,2-5H2,1H3,(H,10,11);1H. The van der Waals surface area contributed by atoms with Crippen molar-refractivity contribution in [2.24, 2.45) is 0 Å². The van der Waals surface area contributed by atoms with Crippen molar-refractivity contribution in [1.82, 2.24) is 4.90 Å². The van der Waals surface area contributed by atoms with Gasteiger partial charge in [0.2, 0.25) is 0 Å². The Kier molecular flexibility index (Phi) is 2.36. The van der Waals surface area contributed by atoms with E-state index in [-0.39, 0.29) is 12.4 Å². The molecule has 1 N–H and O–H groups in total. The van der Waals surface area contributed by atoms with E-state index in [1.54, 1.807) is 0 Å². The van der Waals surface area contributed by atoms with Gasteiger partial charge in [-0.2, -0.15) is 0 Å². The largest absolute Gasteiger partial charge is 0.480 e. The maximum Gasteiger partial charge on any atom is 0.324 e. The lowest BCUT2D eigenvalue weighted by molar-refractivity contribution is -0.148. The minimum Gasteiger partial charge on any atom is -0.480 e. The molecule has 0 aromatic rings. The molecule has 0 radical (unpaired) electrons. The fraction of sp³-hybridized carbons (Fsp3) is 0.875. The minimum atomic E-state index is -0.625. The van der Waals surface area contributed by atoms with E-state index in [9.17, 15) is 4.79 Å². The SMILES string of the molecule is CN1C2CCC1(C(=O)O)CC2.Cl. The summed E-state index contributed by atoms with van der Waals surface area (Å²) >= 11 is 0. The zero-order valence-corrected chi connectivity index (χ0v) is 7.93. The number of fused-ring (bicyclic) bond motifs is 2. The summed E-state index contributed by atoms with van der Waals surface area (Å²) in [5.41, 5.74) is -0.481. The number of carbonyl (C=O) groups is 1. The van der Waals surface area contributed by atoms with Crippen LogP contribution in [-0.4, -0.2) is 34.6 Å². The fourth-order valence-electron chi connectivity index (χ4n) is 2.53. The highest BCUT2D eigenvalue weighted by Crippen LogP contribution is 2.45. The van der Waals surface area contributed by atoms with E-state index in [1.165, 1.54) is 0 Å². The van der Waals surface area contributed by atoms with Crippen molar-refractivity contribution in [3.63, 3.8) is 0 Å². The molecule has 0 aromatic heterocycles. The molecular weight excluding hydrogens is 178 g/mol. The average Bonchev–Trinajstić information content (AvgIpc) is 2.46. The second-order valence-electron chi connectivity index (χ2n) is 3.68. The molecule has 2 heterocycles. The van der Waals surface area contributed by atoms with E-state index >= 15 is 0 Å². The van der Waals surface area contributed by atoms with Crippen LogP contribution in [0.4, 0.5) is 0 Å². The van der Waals surface area contributed by atoms with Crippen LogP contribution in [0.25, 0.3) is 0 Å². The first-order chi connectivity index (χ1) is 5.17. The normalized spacial score (nSPS) is 39.6. The van der Waals surface area contributed by atoms with Crippen LogP contribution < -0.4 is 0 Å². The van der Waals surface area contributed by atoms with E-state index in [1.807, 2.05) is 7.05 Å². The molecule has 70 valence electrons. The van der Waals surface area contributed by atoms with E-state index in [4.69, 9.17) is 5.11 Å². The summed E-state index contributed by atoms with van der Waals surface area (Å²) in [5, 5.41) is 9.02. The molecule has 12 heavy (non-hydrogen) atoms. The predicted molar refractivity (Wildman–Crippen MR) is 47.6 cm³/mol. The van der Waals surface area contributed by atoms with E-state index in [0.29, 0.717) is 6.04 Å². The van der Waals surface area contributed by atoms with Gasteiger partial charge in [-0.05, 0) is 32.7 Å². The van der Waals surface area contributed by atoms with Crippen LogP contribution in [0.5, 0.6) is 0 Å². The Bertz CT molecular complexity index is 199. The van der Waals surface area contributed by atoms with Gasteiger partial charge in [0.25, 0.3) is 0 Å². The number of likely N-dealkylation sites (N-methyl/N-ethyl adjacent to an activating group) is 1. The lowest BCUT2D eigenvalue weighted by Gasteiger charge is -2.26. The highest BCUT2D eigenvalue weighted by Gasteiger charge is 2.54. The van der Waals surface area contributed by atoms with Crippen molar-refractivity contribution in [2.45, 2.75) is 37.3 Å². The van der Waals surface area contributed by atoms with Crippen LogP contribution in [0, 0.1) is 0 Å². The molecule has 2 bridgehead atoms. The van der Waals surface area contributed by atoms with Crippen LogP contribution in [-0.2, 0) is 4.79 Å². The minimum absolute atomic E-state index is 0. The molecule has 0 atom stereocenters. The second-order valence-corrected chi connectivity index (χ2v) is 3.68. The van der Waals surface area contributed by atoms with Gasteiger partial charge in [-0.25, -0.2) is 0 Å². The molecule has 2 aliphatic rings. The van der Waals surface area contributed by atoms with Crippen molar-refractivity contribution < 1.29 is 9.90 Å². The first kappa shape index (κ1) is 9.81. The monoisotopic (exact) mass is 191 g/mol. The van der Waals surface area contributed by atoms with Crippen molar-refractivity contribution in [3.8, 4) is 0 Å². The fourth-order valence-corrected chi connectivity index (χ4v) is 2.53. The molecule has 0 aliphatic carbocycles. The van der Waals surface area contributed by atoms with Gasteiger partial charge in [0.05, 0.1) is 0 Å². The molecule has 0 aromatic carbocycles. The number of rotatable bonds is 1. The van der Waals surface area contributed by atoms with E-state index in [2.05, 4.69) is 4.90 Å². The van der Waals surface area contributed by atoms with Gasteiger partial charge in [-0.3, -0.25) is 9.69 Å². The van der Waals surface area contributed by atoms with Crippen LogP contribution >= 0.6 is 12.4 Å². The third-order valence-corrected chi connectivity index (χ3v) is 3.40. The zero-order valence-electron chi connectivity index (χ0n) is 7.12. The summed E-state index contributed by atoms with van der Waals surface area (Å²) in [4.78, 5) is 13.0. The number of hydrogen-bond donors (Lipinski definition) is 1. The summed E-state index contributed by atoms with van der Waals surface area (Å²) in [6.45, 7) is 0. The highest BCUT2D eigenvalue weighted by molar-refractivity contribution is 5.85. The smallest absolute Gasteiger partial charge is 0.324 e. The average molecular weight is 192 g/mol. The number of aliphatic carboxylic acids is 1. The molecule has 0 spiro atoms. The molecule has 2 saturated heterocycles. The molecule has 2 aliphatic heterocycles. The van der Waals surface area contributed by atoms with Crippen LogP contribution in [0.15, 0.2) is 0 Å². The quantitative estimate of drug-likeness (QED) is 0.676. The lowest BCUT2D eigenvalue weighted by atomic mass is 9.88. The molecule has 2 fully saturated rings. The third kappa shape index (κ3) is 0.962. The van der Waals surface area contributed by atoms with Crippen molar-refractivity contribution >= 4 is 18.4 Å². The third-order valence-electron chi connectivity index (χ3n) is 3.40. The molecule has 0 amide bonds. The van der Waals surface area contributed by atoms with Crippen LogP contribution in [0.2, 0.25) is 0 Å². The first-order valence-corrected chi connectivity index (χ1v) is 4.13. The van der Waals surface area contributed by atoms with Crippen LogP contribution in [0.1, 0.15) is 25.7 Å². The number of halogens is 1. The summed E-state index contributed by atoms with van der Waals surface area (Å²) in [6, 6.07) is 0.547. The highest BCUT2D eigenvalue weighted by atomic mass is 35.5. The first-order valence-electron chi connectivity index (χ1n) is 4.13. The Morgan fingerprint density at radius 2 is 2.00 bits per heavy atom. The summed E-state index contributed by atoms with van der Waals surface area (Å²) in [5.74, 6) is -0.625. The Labute approximate surface area is 78.2 Å². The molecule has 3 nitrogen and oxygen atoms in total. The Morgan fingerprint density at radius 1 is 1.50 bits per heavy atom. The maximum atomic E-state index is 11.0. The topological polar surface area (TPSA) is 40.5 Å². The van der Waals surface area contributed by atoms with E-state index < -0.39 is 11.5 Å². The van der Waals surface area contributed by atoms with Crippen LogP contribution in [0.3, 0.4) is 0 Å². The molecule has 0 saturated carbocycles. The number of hydrogen-bond acceptors (Lipinski definition) is 2. The summed E-state index contributed by atoms with van der Waals surface area (Å²) < 4.78 is 0. The summed E-state index contributed by atoms with van der Waals surface area (Å²) in [7, 11) is 1.94.